The van der Waals surface area contributed by atoms with Crippen molar-refractivity contribution in [2.24, 2.45) is 10.7 Å². The molecule has 0 aliphatic carbocycles. The van der Waals surface area contributed by atoms with E-state index < -0.39 is 11.9 Å². The molecule has 1 aromatic heterocycles. The normalized spacial score (nSPS) is 12.8. The highest BCUT2D eigenvalue weighted by molar-refractivity contribution is 7.09. The molecular formula is C9H13F3N4S. The summed E-state index contributed by atoms with van der Waals surface area (Å²) in [5.74, 6) is 0.218. The van der Waals surface area contributed by atoms with Crippen LogP contribution in [0.3, 0.4) is 0 Å². The van der Waals surface area contributed by atoms with E-state index in [9.17, 15) is 13.2 Å². The minimum atomic E-state index is -4.40. The number of aliphatic imine (C=N–C) groups is 1. The molecular weight excluding hydrogens is 253 g/mol. The lowest BCUT2D eigenvalue weighted by atomic mass is 10.5. The third kappa shape index (κ3) is 4.59. The first kappa shape index (κ1) is 13.8. The van der Waals surface area contributed by atoms with Gasteiger partial charge in [0.05, 0.1) is 6.54 Å². The Morgan fingerprint density at radius 3 is 2.82 bits per heavy atom. The first-order chi connectivity index (χ1) is 7.93. The van der Waals surface area contributed by atoms with Crippen molar-refractivity contribution in [1.29, 1.82) is 0 Å². The van der Waals surface area contributed by atoms with E-state index in [4.69, 9.17) is 5.73 Å². The van der Waals surface area contributed by atoms with Crippen LogP contribution in [0.5, 0.6) is 0 Å². The molecule has 8 heteroatoms. The number of aromatic nitrogens is 1. The van der Waals surface area contributed by atoms with Gasteiger partial charge in [0.25, 0.3) is 0 Å². The molecule has 0 aromatic carbocycles. The van der Waals surface area contributed by atoms with Gasteiger partial charge >= 0.3 is 6.18 Å². The average molecular weight is 266 g/mol. The van der Waals surface area contributed by atoms with Gasteiger partial charge in [-0.25, -0.2) is 9.98 Å². The molecule has 96 valence electrons. The molecule has 0 radical (unpaired) electrons. The Morgan fingerprint density at radius 2 is 2.29 bits per heavy atom. The maximum atomic E-state index is 12.2. The fourth-order valence-corrected chi connectivity index (χ4v) is 1.70. The maximum Gasteiger partial charge on any atom is 0.434 e. The highest BCUT2D eigenvalue weighted by Gasteiger charge is 2.33. The van der Waals surface area contributed by atoms with Crippen LogP contribution in [0.15, 0.2) is 10.4 Å². The number of nitrogens with one attached hydrogen (secondary N) is 1. The summed E-state index contributed by atoms with van der Waals surface area (Å²) < 4.78 is 36.7. The summed E-state index contributed by atoms with van der Waals surface area (Å²) in [5.41, 5.74) is 4.61. The molecule has 3 N–H and O–H groups in total. The predicted molar refractivity (Wildman–Crippen MR) is 60.7 cm³/mol. The lowest BCUT2D eigenvalue weighted by Gasteiger charge is -2.02. The van der Waals surface area contributed by atoms with E-state index in [1.165, 1.54) is 0 Å². The van der Waals surface area contributed by atoms with Gasteiger partial charge in [-0.1, -0.05) is 6.92 Å². The summed E-state index contributed by atoms with van der Waals surface area (Å²) in [5, 5.41) is 4.09. The molecule has 0 fully saturated rings. The lowest BCUT2D eigenvalue weighted by Crippen LogP contribution is -2.32. The van der Waals surface area contributed by atoms with Gasteiger partial charge in [-0.2, -0.15) is 13.2 Å². The smallest absolute Gasteiger partial charge is 0.370 e. The molecule has 1 aromatic rings. The van der Waals surface area contributed by atoms with Crippen LogP contribution in [0.1, 0.15) is 24.0 Å². The molecule has 0 aliphatic rings. The van der Waals surface area contributed by atoms with E-state index in [1.54, 1.807) is 0 Å². The fraction of sp³-hybridized carbons (Fsp3) is 0.556. The number of guanidine groups is 1. The van der Waals surface area contributed by atoms with Crippen molar-refractivity contribution in [3.8, 4) is 0 Å². The molecule has 0 bridgehead atoms. The third-order valence-electron chi connectivity index (χ3n) is 1.78. The van der Waals surface area contributed by atoms with E-state index >= 15 is 0 Å². The Morgan fingerprint density at radius 1 is 1.59 bits per heavy atom. The summed E-state index contributed by atoms with van der Waals surface area (Å²) in [7, 11) is 0. The van der Waals surface area contributed by atoms with Crippen LogP contribution < -0.4 is 11.1 Å². The zero-order valence-corrected chi connectivity index (χ0v) is 10.0. The van der Waals surface area contributed by atoms with E-state index in [2.05, 4.69) is 15.3 Å². The average Bonchev–Trinajstić information content (AvgIpc) is 2.71. The highest BCUT2D eigenvalue weighted by Crippen LogP contribution is 2.30. The number of nitrogens with two attached hydrogens (primary N) is 1. The van der Waals surface area contributed by atoms with Crippen LogP contribution >= 0.6 is 11.3 Å². The van der Waals surface area contributed by atoms with Gasteiger partial charge in [-0.3, -0.25) is 0 Å². The number of nitrogens with zero attached hydrogens (tertiary/aromatic N) is 2. The van der Waals surface area contributed by atoms with Crippen LogP contribution in [0.25, 0.3) is 0 Å². The van der Waals surface area contributed by atoms with Crippen LogP contribution in [0, 0.1) is 0 Å². The molecule has 1 rings (SSSR count). The van der Waals surface area contributed by atoms with Crippen molar-refractivity contribution in [2.45, 2.75) is 26.1 Å². The first-order valence-corrected chi connectivity index (χ1v) is 5.87. The second-order valence-corrected chi connectivity index (χ2v) is 4.20. The Labute approximate surface area is 101 Å². The summed E-state index contributed by atoms with van der Waals surface area (Å²) in [6, 6.07) is 0. The zero-order valence-electron chi connectivity index (χ0n) is 9.21. The SMILES string of the molecule is CCCNC(N)=NCc1nc(C(F)(F)F)cs1. The summed E-state index contributed by atoms with van der Waals surface area (Å²) in [6.45, 7) is 2.71. The lowest BCUT2D eigenvalue weighted by molar-refractivity contribution is -0.140. The molecule has 0 saturated heterocycles. The van der Waals surface area contributed by atoms with Gasteiger partial charge in [-0.05, 0) is 6.42 Å². The second-order valence-electron chi connectivity index (χ2n) is 3.25. The zero-order chi connectivity index (χ0) is 12.9. The quantitative estimate of drug-likeness (QED) is 0.647. The van der Waals surface area contributed by atoms with Crippen LogP contribution in [0.2, 0.25) is 0 Å². The molecule has 0 saturated carbocycles. The number of rotatable bonds is 4. The van der Waals surface area contributed by atoms with E-state index in [0.717, 1.165) is 23.1 Å². The van der Waals surface area contributed by atoms with Crippen molar-refractivity contribution in [3.05, 3.63) is 16.1 Å². The van der Waals surface area contributed by atoms with Crippen molar-refractivity contribution >= 4 is 17.3 Å². The predicted octanol–water partition coefficient (Wildman–Crippen LogP) is 1.98. The number of hydrogen-bond acceptors (Lipinski definition) is 3. The molecule has 1 heterocycles. The van der Waals surface area contributed by atoms with Gasteiger partial charge in [0.2, 0.25) is 0 Å². The van der Waals surface area contributed by atoms with Crippen LogP contribution in [-0.4, -0.2) is 17.5 Å². The van der Waals surface area contributed by atoms with Gasteiger partial charge in [0.15, 0.2) is 11.7 Å². The van der Waals surface area contributed by atoms with E-state index in [1.807, 2.05) is 6.92 Å². The molecule has 0 amide bonds. The minimum absolute atomic E-state index is 0.0588. The Kier molecular flexibility index (Phi) is 4.73. The molecule has 0 atom stereocenters. The van der Waals surface area contributed by atoms with E-state index in [0.29, 0.717) is 11.6 Å². The monoisotopic (exact) mass is 266 g/mol. The Bertz CT molecular complexity index is 386. The van der Waals surface area contributed by atoms with Crippen LogP contribution in [-0.2, 0) is 12.7 Å². The molecule has 0 unspecified atom stereocenters. The maximum absolute atomic E-state index is 12.2. The van der Waals surface area contributed by atoms with Crippen LogP contribution in [0.4, 0.5) is 13.2 Å². The summed E-state index contributed by atoms with van der Waals surface area (Å²) in [4.78, 5) is 7.33. The van der Waals surface area contributed by atoms with Crippen molar-refractivity contribution < 1.29 is 13.2 Å². The largest absolute Gasteiger partial charge is 0.434 e. The first-order valence-electron chi connectivity index (χ1n) is 4.99. The van der Waals surface area contributed by atoms with Gasteiger partial charge in [0.1, 0.15) is 5.01 Å². The number of alkyl halides is 3. The number of halogens is 3. The van der Waals surface area contributed by atoms with E-state index in [-0.39, 0.29) is 12.5 Å². The van der Waals surface area contributed by atoms with Gasteiger partial charge < -0.3 is 11.1 Å². The van der Waals surface area contributed by atoms with Gasteiger partial charge in [-0.15, -0.1) is 11.3 Å². The minimum Gasteiger partial charge on any atom is -0.370 e. The summed E-state index contributed by atoms with van der Waals surface area (Å²) >= 11 is 0.921. The van der Waals surface area contributed by atoms with Crippen molar-refractivity contribution in [2.75, 3.05) is 6.54 Å². The summed E-state index contributed by atoms with van der Waals surface area (Å²) in [6.07, 6.45) is -3.50. The highest BCUT2D eigenvalue weighted by atomic mass is 32.1. The molecule has 0 aliphatic heterocycles. The van der Waals surface area contributed by atoms with Crippen molar-refractivity contribution in [3.63, 3.8) is 0 Å². The standard InChI is InChI=1S/C9H13F3N4S/c1-2-3-14-8(13)15-4-7-16-6(5-17-7)9(10,11)12/h5H,2-4H2,1H3,(H3,13,14,15). The third-order valence-corrected chi connectivity index (χ3v) is 2.62. The molecule has 17 heavy (non-hydrogen) atoms. The second kappa shape index (κ2) is 5.85. The van der Waals surface area contributed by atoms with Crippen molar-refractivity contribution in [1.82, 2.24) is 10.3 Å². The Balaban J connectivity index is 2.55. The molecule has 0 spiro atoms. The number of hydrogen-bond donors (Lipinski definition) is 2. The molecule has 4 nitrogen and oxygen atoms in total. The van der Waals surface area contributed by atoms with Gasteiger partial charge in [0, 0.05) is 11.9 Å². The topological polar surface area (TPSA) is 63.3 Å². The Hall–Kier alpha value is -1.31. The fourth-order valence-electron chi connectivity index (χ4n) is 0.975. The number of thiazole rings is 1.